The molecule has 0 aliphatic carbocycles. The first-order valence-electron chi connectivity index (χ1n) is 4.92. The molecule has 0 atom stereocenters. The van der Waals surface area contributed by atoms with Crippen LogP contribution in [0.2, 0.25) is 0 Å². The van der Waals surface area contributed by atoms with Crippen LogP contribution in [0.15, 0.2) is 18.2 Å². The van der Waals surface area contributed by atoms with Crippen LogP contribution >= 0.6 is 0 Å². The van der Waals surface area contributed by atoms with Gasteiger partial charge in [-0.25, -0.2) is 8.78 Å². The van der Waals surface area contributed by atoms with E-state index in [0.29, 0.717) is 0 Å². The van der Waals surface area contributed by atoms with Crippen molar-refractivity contribution in [1.82, 2.24) is 0 Å². The van der Waals surface area contributed by atoms with Crippen LogP contribution in [0.1, 0.15) is 20.8 Å². The maximum atomic E-state index is 12.8. The third-order valence-corrected chi connectivity index (χ3v) is 2.10. The first-order chi connectivity index (χ1) is 7.30. The molecule has 0 aromatic heterocycles. The van der Waals surface area contributed by atoms with Crippen molar-refractivity contribution in [3.8, 4) is 5.75 Å². The fourth-order valence-corrected chi connectivity index (χ4v) is 0.932. The zero-order valence-corrected chi connectivity index (χ0v) is 9.51. The van der Waals surface area contributed by atoms with E-state index in [1.54, 1.807) is 20.8 Å². The summed E-state index contributed by atoms with van der Waals surface area (Å²) in [5.74, 6) is -1.87. The van der Waals surface area contributed by atoms with Crippen molar-refractivity contribution in [1.29, 1.82) is 0 Å². The Bertz CT molecular complexity index is 394. The van der Waals surface area contributed by atoms with Gasteiger partial charge in [-0.3, -0.25) is 4.79 Å². The third-order valence-electron chi connectivity index (χ3n) is 2.10. The van der Waals surface area contributed by atoms with Crippen LogP contribution in [0.5, 0.6) is 5.75 Å². The molecule has 0 fully saturated rings. The van der Waals surface area contributed by atoms with Crippen LogP contribution in [0.3, 0.4) is 0 Å². The van der Waals surface area contributed by atoms with E-state index < -0.39 is 17.0 Å². The van der Waals surface area contributed by atoms with E-state index in [-0.39, 0.29) is 18.1 Å². The number of Topliss-reactive ketones (excluding diaryl/α,β-unsaturated/α-hetero) is 1. The monoisotopic (exact) mass is 228 g/mol. The molecule has 0 aliphatic heterocycles. The van der Waals surface area contributed by atoms with Crippen molar-refractivity contribution in [2.45, 2.75) is 20.8 Å². The highest BCUT2D eigenvalue weighted by molar-refractivity contribution is 5.85. The Balaban J connectivity index is 2.62. The van der Waals surface area contributed by atoms with E-state index >= 15 is 0 Å². The van der Waals surface area contributed by atoms with Crippen LogP contribution < -0.4 is 4.74 Å². The number of halogens is 2. The highest BCUT2D eigenvalue weighted by Crippen LogP contribution is 2.18. The molecule has 0 spiro atoms. The summed E-state index contributed by atoms with van der Waals surface area (Å²) in [5.41, 5.74) is -0.501. The molecule has 2 nitrogen and oxygen atoms in total. The highest BCUT2D eigenvalue weighted by Gasteiger charge is 2.21. The molecule has 1 aromatic carbocycles. The molecule has 4 heteroatoms. The summed E-state index contributed by atoms with van der Waals surface area (Å²) < 4.78 is 30.5. The molecule has 0 amide bonds. The number of carbonyl (C=O) groups is 1. The Morgan fingerprint density at radius 1 is 1.25 bits per heavy atom. The molecule has 0 heterocycles. The molecule has 0 bridgehead atoms. The lowest BCUT2D eigenvalue weighted by molar-refractivity contribution is -0.128. The average molecular weight is 228 g/mol. The topological polar surface area (TPSA) is 26.3 Å². The van der Waals surface area contributed by atoms with E-state index in [1.807, 2.05) is 0 Å². The Morgan fingerprint density at radius 2 is 1.88 bits per heavy atom. The third kappa shape index (κ3) is 3.29. The second-order valence-electron chi connectivity index (χ2n) is 4.54. The first kappa shape index (κ1) is 12.6. The van der Waals surface area contributed by atoms with Crippen molar-refractivity contribution in [3.05, 3.63) is 29.8 Å². The number of ketones is 1. The lowest BCUT2D eigenvalue weighted by Crippen LogP contribution is -2.26. The number of hydrogen-bond acceptors (Lipinski definition) is 2. The Labute approximate surface area is 93.2 Å². The molecule has 16 heavy (non-hydrogen) atoms. The van der Waals surface area contributed by atoms with Gasteiger partial charge in [0.1, 0.15) is 12.4 Å². The van der Waals surface area contributed by atoms with Crippen molar-refractivity contribution in [3.63, 3.8) is 0 Å². The van der Waals surface area contributed by atoms with Gasteiger partial charge in [-0.1, -0.05) is 20.8 Å². The molecule has 1 aromatic rings. The molecule has 0 saturated heterocycles. The predicted octanol–water partition coefficient (Wildman–Crippen LogP) is 2.96. The fraction of sp³-hybridized carbons (Fsp3) is 0.417. The molecule has 0 N–H and O–H groups in total. The van der Waals surface area contributed by atoms with Crippen LogP contribution in [0.4, 0.5) is 8.78 Å². The van der Waals surface area contributed by atoms with E-state index in [4.69, 9.17) is 4.74 Å². The fourth-order valence-electron chi connectivity index (χ4n) is 0.932. The van der Waals surface area contributed by atoms with Crippen LogP contribution in [-0.2, 0) is 4.79 Å². The zero-order chi connectivity index (χ0) is 12.3. The van der Waals surface area contributed by atoms with Gasteiger partial charge in [-0.2, -0.15) is 0 Å². The Kier molecular flexibility index (Phi) is 3.62. The number of ether oxygens (including phenoxy) is 1. The standard InChI is InChI=1S/C12H14F2O2/c1-12(2,3)11(15)7-16-8-4-5-9(13)10(14)6-8/h4-6H,7H2,1-3H3. The number of hydrogen-bond donors (Lipinski definition) is 0. The minimum atomic E-state index is -0.985. The molecule has 0 radical (unpaired) electrons. The molecular weight excluding hydrogens is 214 g/mol. The second kappa shape index (κ2) is 4.60. The van der Waals surface area contributed by atoms with E-state index in [9.17, 15) is 13.6 Å². The minimum absolute atomic E-state index is 0.0998. The van der Waals surface area contributed by atoms with E-state index in [0.717, 1.165) is 12.1 Å². The largest absolute Gasteiger partial charge is 0.486 e. The minimum Gasteiger partial charge on any atom is -0.486 e. The quantitative estimate of drug-likeness (QED) is 0.795. The summed E-state index contributed by atoms with van der Waals surface area (Å²) in [4.78, 5) is 11.5. The first-order valence-corrected chi connectivity index (χ1v) is 4.92. The van der Waals surface area contributed by atoms with Gasteiger partial charge >= 0.3 is 0 Å². The van der Waals surface area contributed by atoms with Gasteiger partial charge in [0, 0.05) is 11.5 Å². The Hall–Kier alpha value is -1.45. The van der Waals surface area contributed by atoms with Gasteiger partial charge in [0.25, 0.3) is 0 Å². The molecule has 0 aliphatic rings. The Morgan fingerprint density at radius 3 is 2.38 bits per heavy atom. The smallest absolute Gasteiger partial charge is 0.175 e. The summed E-state index contributed by atoms with van der Waals surface area (Å²) in [5, 5.41) is 0. The molecule has 1 rings (SSSR count). The van der Waals surface area contributed by atoms with E-state index in [1.165, 1.54) is 6.07 Å². The van der Waals surface area contributed by atoms with Gasteiger partial charge in [0.2, 0.25) is 0 Å². The average Bonchev–Trinajstić information content (AvgIpc) is 2.18. The summed E-state index contributed by atoms with van der Waals surface area (Å²) >= 11 is 0. The molecule has 0 unspecified atom stereocenters. The normalized spacial score (nSPS) is 11.3. The maximum Gasteiger partial charge on any atom is 0.175 e. The van der Waals surface area contributed by atoms with Gasteiger partial charge in [0.15, 0.2) is 17.4 Å². The summed E-state index contributed by atoms with van der Waals surface area (Å²) in [6, 6.07) is 3.17. The number of rotatable bonds is 3. The van der Waals surface area contributed by atoms with Gasteiger partial charge in [-0.05, 0) is 12.1 Å². The van der Waals surface area contributed by atoms with Crippen molar-refractivity contribution < 1.29 is 18.3 Å². The van der Waals surface area contributed by atoms with Crippen LogP contribution in [-0.4, -0.2) is 12.4 Å². The molecule has 0 saturated carbocycles. The van der Waals surface area contributed by atoms with Crippen LogP contribution in [0, 0.1) is 17.0 Å². The summed E-state index contributed by atoms with van der Waals surface area (Å²) in [6.07, 6.45) is 0. The molecular formula is C12H14F2O2. The van der Waals surface area contributed by atoms with E-state index in [2.05, 4.69) is 0 Å². The van der Waals surface area contributed by atoms with Gasteiger partial charge < -0.3 is 4.74 Å². The SMILES string of the molecule is CC(C)(C)C(=O)COc1ccc(F)c(F)c1. The second-order valence-corrected chi connectivity index (χ2v) is 4.54. The number of carbonyl (C=O) groups excluding carboxylic acids is 1. The van der Waals surface area contributed by atoms with Crippen molar-refractivity contribution >= 4 is 5.78 Å². The highest BCUT2D eigenvalue weighted by atomic mass is 19.2. The lowest BCUT2D eigenvalue weighted by Gasteiger charge is -2.16. The summed E-state index contributed by atoms with van der Waals surface area (Å²) in [6.45, 7) is 5.16. The van der Waals surface area contributed by atoms with Crippen molar-refractivity contribution in [2.24, 2.45) is 5.41 Å². The predicted molar refractivity (Wildman–Crippen MR) is 56.3 cm³/mol. The van der Waals surface area contributed by atoms with Gasteiger partial charge in [0.05, 0.1) is 0 Å². The van der Waals surface area contributed by atoms with Gasteiger partial charge in [-0.15, -0.1) is 0 Å². The van der Waals surface area contributed by atoms with Crippen molar-refractivity contribution in [2.75, 3.05) is 6.61 Å². The molecule has 88 valence electrons. The summed E-state index contributed by atoms with van der Waals surface area (Å²) in [7, 11) is 0. The lowest BCUT2D eigenvalue weighted by atomic mass is 9.91. The van der Waals surface area contributed by atoms with Crippen LogP contribution in [0.25, 0.3) is 0 Å². The zero-order valence-electron chi connectivity index (χ0n) is 9.51. The maximum absolute atomic E-state index is 12.8. The number of benzene rings is 1.